The highest BCUT2D eigenvalue weighted by atomic mass is 35.5. The molecule has 9 heavy (non-hydrogen) atoms. The zero-order valence-electron chi connectivity index (χ0n) is 5.25. The standard InChI is InChI=1S/C5H10ClO2P/c1-9(8)2-4(6)5(7)3-9/h4-5,7H,2-3H2,1H3. The van der Waals surface area contributed by atoms with E-state index in [2.05, 4.69) is 0 Å². The normalized spacial score (nSPS) is 51.9. The minimum Gasteiger partial charge on any atom is -0.391 e. The molecule has 0 aliphatic carbocycles. The Balaban J connectivity index is 2.65. The van der Waals surface area contributed by atoms with Gasteiger partial charge in [0.2, 0.25) is 0 Å². The van der Waals surface area contributed by atoms with Crippen LogP contribution in [-0.4, -0.2) is 35.6 Å². The van der Waals surface area contributed by atoms with Gasteiger partial charge in [-0.05, 0) is 6.66 Å². The van der Waals surface area contributed by atoms with Crippen LogP contribution in [0, 0.1) is 0 Å². The Morgan fingerprint density at radius 3 is 2.33 bits per heavy atom. The van der Waals surface area contributed by atoms with Crippen LogP contribution in [0.5, 0.6) is 0 Å². The van der Waals surface area contributed by atoms with Gasteiger partial charge in [0.25, 0.3) is 0 Å². The summed E-state index contributed by atoms with van der Waals surface area (Å²) >= 11 is 5.62. The Bertz CT molecular complexity index is 145. The molecule has 0 aromatic heterocycles. The van der Waals surface area contributed by atoms with E-state index in [-0.39, 0.29) is 5.38 Å². The summed E-state index contributed by atoms with van der Waals surface area (Å²) in [4.78, 5) is 0. The lowest BCUT2D eigenvalue weighted by Gasteiger charge is -2.00. The molecule has 1 rings (SSSR count). The molecule has 0 spiro atoms. The molecular formula is C5H10ClO2P. The van der Waals surface area contributed by atoms with Crippen molar-refractivity contribution in [1.82, 2.24) is 0 Å². The zero-order valence-corrected chi connectivity index (χ0v) is 6.90. The van der Waals surface area contributed by atoms with Gasteiger partial charge in [0, 0.05) is 12.3 Å². The van der Waals surface area contributed by atoms with Crippen molar-refractivity contribution in [1.29, 1.82) is 0 Å². The lowest BCUT2D eigenvalue weighted by molar-refractivity contribution is 0.205. The second-order valence-electron chi connectivity index (χ2n) is 2.75. The van der Waals surface area contributed by atoms with Crippen molar-refractivity contribution >= 4 is 18.7 Å². The van der Waals surface area contributed by atoms with Gasteiger partial charge in [-0.1, -0.05) is 0 Å². The summed E-state index contributed by atoms with van der Waals surface area (Å²) in [5, 5.41) is 8.75. The molecule has 1 fully saturated rings. The maximum Gasteiger partial charge on any atom is 0.0889 e. The molecule has 1 N–H and O–H groups in total. The van der Waals surface area contributed by atoms with Crippen molar-refractivity contribution in [2.45, 2.75) is 11.5 Å². The maximum absolute atomic E-state index is 11.2. The fraction of sp³-hybridized carbons (Fsp3) is 1.00. The van der Waals surface area contributed by atoms with Crippen LogP contribution in [0.2, 0.25) is 0 Å². The van der Waals surface area contributed by atoms with Crippen molar-refractivity contribution in [2.24, 2.45) is 0 Å². The van der Waals surface area contributed by atoms with Crippen LogP contribution in [-0.2, 0) is 4.57 Å². The minimum atomic E-state index is -2.04. The molecular weight excluding hydrogens is 158 g/mol. The van der Waals surface area contributed by atoms with E-state index in [4.69, 9.17) is 16.7 Å². The molecule has 1 saturated heterocycles. The third-order valence-corrected chi connectivity index (χ3v) is 4.52. The van der Waals surface area contributed by atoms with Gasteiger partial charge in [-0.15, -0.1) is 11.6 Å². The highest BCUT2D eigenvalue weighted by Crippen LogP contribution is 2.49. The van der Waals surface area contributed by atoms with Crippen LogP contribution >= 0.6 is 18.7 Å². The molecule has 3 unspecified atom stereocenters. The van der Waals surface area contributed by atoms with Crippen LogP contribution in [0.4, 0.5) is 0 Å². The molecule has 1 heterocycles. The van der Waals surface area contributed by atoms with Gasteiger partial charge in [-0.25, -0.2) is 0 Å². The SMILES string of the molecule is CP1(=O)CC(O)C(Cl)C1. The van der Waals surface area contributed by atoms with Crippen molar-refractivity contribution in [3.05, 3.63) is 0 Å². The molecule has 0 aromatic carbocycles. The Labute approximate surface area is 59.6 Å². The van der Waals surface area contributed by atoms with Crippen LogP contribution in [0.3, 0.4) is 0 Å². The third-order valence-electron chi connectivity index (χ3n) is 1.55. The van der Waals surface area contributed by atoms with Crippen molar-refractivity contribution in [3.63, 3.8) is 0 Å². The molecule has 54 valence electrons. The molecule has 1 aliphatic heterocycles. The van der Waals surface area contributed by atoms with E-state index >= 15 is 0 Å². The van der Waals surface area contributed by atoms with Gasteiger partial charge >= 0.3 is 0 Å². The van der Waals surface area contributed by atoms with E-state index in [1.54, 1.807) is 6.66 Å². The maximum atomic E-state index is 11.2. The lowest BCUT2D eigenvalue weighted by atomic mass is 10.3. The zero-order chi connectivity index (χ0) is 7.07. The second-order valence-corrected chi connectivity index (χ2v) is 6.63. The molecule has 0 radical (unpaired) electrons. The molecule has 1 aliphatic rings. The number of halogens is 1. The predicted octanol–water partition coefficient (Wildman–Crippen LogP) is 0.961. The Morgan fingerprint density at radius 2 is 2.22 bits per heavy atom. The lowest BCUT2D eigenvalue weighted by Crippen LogP contribution is -2.16. The molecule has 0 bridgehead atoms. The van der Waals surface area contributed by atoms with E-state index in [9.17, 15) is 4.57 Å². The smallest absolute Gasteiger partial charge is 0.0889 e. The van der Waals surface area contributed by atoms with Gasteiger partial charge in [0.05, 0.1) is 18.6 Å². The minimum absolute atomic E-state index is 0.277. The molecule has 0 saturated carbocycles. The highest BCUT2D eigenvalue weighted by Gasteiger charge is 2.36. The van der Waals surface area contributed by atoms with E-state index < -0.39 is 13.2 Å². The second kappa shape index (κ2) is 2.26. The average molecular weight is 169 g/mol. The van der Waals surface area contributed by atoms with Crippen molar-refractivity contribution < 1.29 is 9.67 Å². The molecule has 4 heteroatoms. The summed E-state index contributed by atoms with van der Waals surface area (Å²) in [7, 11) is -2.04. The van der Waals surface area contributed by atoms with Crippen LogP contribution in [0.15, 0.2) is 0 Å². The largest absolute Gasteiger partial charge is 0.391 e. The third kappa shape index (κ3) is 1.70. The Kier molecular flexibility index (Phi) is 1.91. The summed E-state index contributed by atoms with van der Waals surface area (Å²) < 4.78 is 11.2. The van der Waals surface area contributed by atoms with Gasteiger partial charge in [-0.2, -0.15) is 0 Å². The average Bonchev–Trinajstić information content (AvgIpc) is 1.79. The highest BCUT2D eigenvalue weighted by molar-refractivity contribution is 7.63. The summed E-state index contributed by atoms with van der Waals surface area (Å²) in [6.07, 6.45) is 0.360. The summed E-state index contributed by atoms with van der Waals surface area (Å²) in [5.41, 5.74) is 0. The number of alkyl halides is 1. The number of hydrogen-bond acceptors (Lipinski definition) is 2. The topological polar surface area (TPSA) is 37.3 Å². The summed E-state index contributed by atoms with van der Waals surface area (Å²) in [6.45, 7) is 1.69. The predicted molar refractivity (Wildman–Crippen MR) is 38.9 cm³/mol. The van der Waals surface area contributed by atoms with Crippen molar-refractivity contribution in [3.8, 4) is 0 Å². The summed E-state index contributed by atoms with van der Waals surface area (Å²) in [6, 6.07) is 0. The fourth-order valence-corrected chi connectivity index (χ4v) is 4.34. The first-order valence-electron chi connectivity index (χ1n) is 2.89. The molecule has 0 aromatic rings. The quantitative estimate of drug-likeness (QED) is 0.432. The first-order chi connectivity index (χ1) is 4.01. The molecule has 3 atom stereocenters. The van der Waals surface area contributed by atoms with Crippen LogP contribution in [0.25, 0.3) is 0 Å². The van der Waals surface area contributed by atoms with Gasteiger partial charge in [-0.3, -0.25) is 0 Å². The Hall–Kier alpha value is 0.480. The number of aliphatic hydroxyl groups is 1. The molecule has 2 nitrogen and oxygen atoms in total. The van der Waals surface area contributed by atoms with E-state index in [0.29, 0.717) is 12.3 Å². The Morgan fingerprint density at radius 1 is 1.67 bits per heavy atom. The van der Waals surface area contributed by atoms with Gasteiger partial charge < -0.3 is 9.67 Å². The van der Waals surface area contributed by atoms with Gasteiger partial charge in [0.1, 0.15) is 0 Å². The number of aliphatic hydroxyl groups excluding tert-OH is 1. The fourth-order valence-electron chi connectivity index (χ4n) is 1.08. The monoisotopic (exact) mass is 168 g/mol. The van der Waals surface area contributed by atoms with E-state index in [0.717, 1.165) is 0 Å². The van der Waals surface area contributed by atoms with Crippen LogP contribution in [0.1, 0.15) is 0 Å². The number of hydrogen-bond donors (Lipinski definition) is 1. The van der Waals surface area contributed by atoms with Crippen LogP contribution < -0.4 is 0 Å². The number of rotatable bonds is 0. The van der Waals surface area contributed by atoms with E-state index in [1.807, 2.05) is 0 Å². The van der Waals surface area contributed by atoms with E-state index in [1.165, 1.54) is 0 Å². The first kappa shape index (κ1) is 7.59. The first-order valence-corrected chi connectivity index (χ1v) is 5.85. The summed E-state index contributed by atoms with van der Waals surface area (Å²) in [5.74, 6) is 0. The van der Waals surface area contributed by atoms with Gasteiger partial charge in [0.15, 0.2) is 0 Å². The molecule has 0 amide bonds. The van der Waals surface area contributed by atoms with Crippen molar-refractivity contribution in [2.75, 3.05) is 19.0 Å².